The molecule has 4 rings (SSSR count). The van der Waals surface area contributed by atoms with Gasteiger partial charge in [-0.3, -0.25) is 9.98 Å². The minimum Gasteiger partial charge on any atom is -0.506 e. The highest BCUT2D eigenvalue weighted by Crippen LogP contribution is 2.31. The van der Waals surface area contributed by atoms with Gasteiger partial charge in [-0.1, -0.05) is 11.6 Å². The Morgan fingerprint density at radius 2 is 1.92 bits per heavy atom. The van der Waals surface area contributed by atoms with Crippen LogP contribution in [0.2, 0.25) is 5.02 Å². The summed E-state index contributed by atoms with van der Waals surface area (Å²) in [7, 11) is 0. The second-order valence-electron chi connectivity index (χ2n) is 5.49. The molecule has 0 saturated carbocycles. The topological polar surface area (TPSA) is 71.5 Å². The molecule has 0 aliphatic rings. The zero-order chi connectivity index (χ0) is 18.1. The van der Waals surface area contributed by atoms with E-state index in [0.29, 0.717) is 37.7 Å². The summed E-state index contributed by atoms with van der Waals surface area (Å²) in [5.74, 6) is 0.612. The van der Waals surface area contributed by atoms with E-state index in [4.69, 9.17) is 16.0 Å². The molecule has 0 radical (unpaired) electrons. The van der Waals surface area contributed by atoms with Crippen LogP contribution in [0.15, 0.2) is 68.7 Å². The lowest BCUT2D eigenvalue weighted by atomic mass is 10.2. The standard InChI is InChI=1S/C19H11BrClN3O2/c20-15-8-13(21)7-12(18(15)25)10-23-14-1-2-17-16(9-14)24-19(26-17)11-3-5-22-6-4-11/h1-10,25H. The molecule has 0 amide bonds. The molecule has 4 aromatic rings. The number of aliphatic imine (C=N–C) groups is 1. The van der Waals surface area contributed by atoms with Crippen LogP contribution in [-0.4, -0.2) is 21.3 Å². The van der Waals surface area contributed by atoms with E-state index in [0.717, 1.165) is 5.56 Å². The molecule has 0 unspecified atom stereocenters. The first-order chi connectivity index (χ1) is 12.6. The van der Waals surface area contributed by atoms with Crippen LogP contribution in [0.25, 0.3) is 22.6 Å². The van der Waals surface area contributed by atoms with Gasteiger partial charge in [-0.05, 0) is 58.4 Å². The average molecular weight is 429 g/mol. The van der Waals surface area contributed by atoms with E-state index < -0.39 is 0 Å². The molecule has 26 heavy (non-hydrogen) atoms. The van der Waals surface area contributed by atoms with E-state index >= 15 is 0 Å². The van der Waals surface area contributed by atoms with Gasteiger partial charge >= 0.3 is 0 Å². The highest BCUT2D eigenvalue weighted by molar-refractivity contribution is 9.10. The molecule has 0 saturated heterocycles. The normalized spacial score (nSPS) is 11.5. The van der Waals surface area contributed by atoms with Crippen molar-refractivity contribution in [1.29, 1.82) is 0 Å². The van der Waals surface area contributed by atoms with E-state index in [2.05, 4.69) is 30.9 Å². The Balaban J connectivity index is 1.68. The number of rotatable bonds is 3. The Hall–Kier alpha value is -2.70. The SMILES string of the molecule is Oc1c(Br)cc(Cl)cc1C=Nc1ccc2oc(-c3ccncc3)nc2c1. The van der Waals surface area contributed by atoms with Gasteiger partial charge in [-0.15, -0.1) is 0 Å². The summed E-state index contributed by atoms with van der Waals surface area (Å²) in [4.78, 5) is 12.9. The fourth-order valence-corrected chi connectivity index (χ4v) is 3.28. The molecule has 0 bridgehead atoms. The van der Waals surface area contributed by atoms with Crippen LogP contribution in [-0.2, 0) is 0 Å². The van der Waals surface area contributed by atoms with Gasteiger partial charge in [0.1, 0.15) is 11.3 Å². The van der Waals surface area contributed by atoms with Crippen LogP contribution >= 0.6 is 27.5 Å². The number of nitrogens with zero attached hydrogens (tertiary/aromatic N) is 3. The van der Waals surface area contributed by atoms with Crippen LogP contribution in [0.4, 0.5) is 5.69 Å². The summed E-state index contributed by atoms with van der Waals surface area (Å²) in [6.07, 6.45) is 4.93. The lowest BCUT2D eigenvalue weighted by molar-refractivity contribution is 0.471. The number of aromatic hydroxyl groups is 1. The van der Waals surface area contributed by atoms with Gasteiger partial charge in [0.2, 0.25) is 5.89 Å². The van der Waals surface area contributed by atoms with Gasteiger partial charge in [-0.25, -0.2) is 4.98 Å². The Morgan fingerprint density at radius 3 is 2.73 bits per heavy atom. The number of phenols is 1. The second kappa shape index (κ2) is 6.90. The summed E-state index contributed by atoms with van der Waals surface area (Å²) in [6, 6.07) is 12.4. The number of hydrogen-bond donors (Lipinski definition) is 1. The van der Waals surface area contributed by atoms with Gasteiger partial charge < -0.3 is 9.52 Å². The molecule has 2 heterocycles. The Kier molecular flexibility index (Phi) is 4.44. The number of oxazole rings is 1. The van der Waals surface area contributed by atoms with E-state index in [1.807, 2.05) is 30.3 Å². The van der Waals surface area contributed by atoms with Crippen molar-refractivity contribution >= 4 is 50.5 Å². The maximum atomic E-state index is 10.1. The number of aromatic nitrogens is 2. The molecule has 2 aromatic heterocycles. The first kappa shape index (κ1) is 16.8. The fraction of sp³-hybridized carbons (Fsp3) is 0. The van der Waals surface area contributed by atoms with Crippen molar-refractivity contribution in [2.24, 2.45) is 4.99 Å². The molecule has 128 valence electrons. The van der Waals surface area contributed by atoms with E-state index in [9.17, 15) is 5.11 Å². The molecule has 2 aromatic carbocycles. The van der Waals surface area contributed by atoms with Crippen LogP contribution in [0, 0.1) is 0 Å². The average Bonchev–Trinajstić information content (AvgIpc) is 3.07. The first-order valence-corrected chi connectivity index (χ1v) is 8.80. The van der Waals surface area contributed by atoms with Crippen LogP contribution in [0.5, 0.6) is 5.75 Å². The van der Waals surface area contributed by atoms with Crippen molar-refractivity contribution in [1.82, 2.24) is 9.97 Å². The van der Waals surface area contributed by atoms with Gasteiger partial charge in [-0.2, -0.15) is 0 Å². The number of pyridine rings is 1. The lowest BCUT2D eigenvalue weighted by Gasteiger charge is -2.02. The fourth-order valence-electron chi connectivity index (χ4n) is 2.44. The number of benzene rings is 2. The van der Waals surface area contributed by atoms with E-state index in [1.54, 1.807) is 30.7 Å². The summed E-state index contributed by atoms with van der Waals surface area (Å²) >= 11 is 9.27. The van der Waals surface area contributed by atoms with Crippen molar-refractivity contribution in [2.45, 2.75) is 0 Å². The summed E-state index contributed by atoms with van der Waals surface area (Å²) < 4.78 is 6.28. The third kappa shape index (κ3) is 3.34. The Bertz CT molecular complexity index is 1130. The van der Waals surface area contributed by atoms with Gasteiger partial charge in [0.05, 0.1) is 10.2 Å². The van der Waals surface area contributed by atoms with Crippen LogP contribution < -0.4 is 0 Å². The number of hydrogen-bond acceptors (Lipinski definition) is 5. The monoisotopic (exact) mass is 427 g/mol. The minimum absolute atomic E-state index is 0.0839. The molecule has 5 nitrogen and oxygen atoms in total. The molecule has 0 atom stereocenters. The number of phenolic OH excluding ortho intramolecular Hbond substituents is 1. The zero-order valence-electron chi connectivity index (χ0n) is 13.2. The molecule has 0 aliphatic heterocycles. The smallest absolute Gasteiger partial charge is 0.227 e. The Labute approximate surface area is 162 Å². The molecule has 0 spiro atoms. The number of fused-ring (bicyclic) bond motifs is 1. The molecular weight excluding hydrogens is 418 g/mol. The predicted molar refractivity (Wildman–Crippen MR) is 105 cm³/mol. The third-order valence-corrected chi connectivity index (χ3v) is 4.53. The molecular formula is C19H11BrClN3O2. The predicted octanol–water partition coefficient (Wildman–Crippen LogP) is 5.76. The number of halogens is 2. The summed E-state index contributed by atoms with van der Waals surface area (Å²) in [5, 5.41) is 10.6. The van der Waals surface area contributed by atoms with Gasteiger partial charge in [0.25, 0.3) is 0 Å². The quantitative estimate of drug-likeness (QED) is 0.421. The van der Waals surface area contributed by atoms with Crippen LogP contribution in [0.1, 0.15) is 5.56 Å². The van der Waals surface area contributed by atoms with E-state index in [1.165, 1.54) is 0 Å². The maximum Gasteiger partial charge on any atom is 0.227 e. The summed E-state index contributed by atoms with van der Waals surface area (Å²) in [5.41, 5.74) is 3.42. The minimum atomic E-state index is 0.0839. The largest absolute Gasteiger partial charge is 0.506 e. The zero-order valence-corrected chi connectivity index (χ0v) is 15.6. The molecule has 0 fully saturated rings. The lowest BCUT2D eigenvalue weighted by Crippen LogP contribution is -1.84. The highest BCUT2D eigenvalue weighted by Gasteiger charge is 2.09. The molecule has 1 N–H and O–H groups in total. The van der Waals surface area contributed by atoms with Crippen molar-refractivity contribution in [3.05, 3.63) is 69.9 Å². The van der Waals surface area contributed by atoms with Crippen molar-refractivity contribution in [3.63, 3.8) is 0 Å². The van der Waals surface area contributed by atoms with Crippen molar-refractivity contribution in [2.75, 3.05) is 0 Å². The van der Waals surface area contributed by atoms with Crippen LogP contribution in [0.3, 0.4) is 0 Å². The van der Waals surface area contributed by atoms with Crippen molar-refractivity contribution in [3.8, 4) is 17.2 Å². The second-order valence-corrected chi connectivity index (χ2v) is 6.78. The highest BCUT2D eigenvalue weighted by atomic mass is 79.9. The summed E-state index contributed by atoms with van der Waals surface area (Å²) in [6.45, 7) is 0. The first-order valence-electron chi connectivity index (χ1n) is 7.63. The maximum absolute atomic E-state index is 10.1. The third-order valence-electron chi connectivity index (χ3n) is 3.71. The Morgan fingerprint density at radius 1 is 1.12 bits per heavy atom. The molecule has 0 aliphatic carbocycles. The molecule has 7 heteroatoms. The van der Waals surface area contributed by atoms with Gasteiger partial charge in [0.15, 0.2) is 5.58 Å². The van der Waals surface area contributed by atoms with Crippen molar-refractivity contribution < 1.29 is 9.52 Å². The van der Waals surface area contributed by atoms with Gasteiger partial charge in [0, 0.05) is 34.8 Å². The van der Waals surface area contributed by atoms with E-state index in [-0.39, 0.29) is 5.75 Å².